The molecule has 0 spiro atoms. The number of fused-ring (bicyclic) bond motifs is 9. The molecule has 6 aromatic carbocycles. The summed E-state index contributed by atoms with van der Waals surface area (Å²) in [4.78, 5) is 0. The molecule has 0 fully saturated rings. The Balaban J connectivity index is 1.38. The Bertz CT molecular complexity index is 2550. The maximum atomic E-state index is 10.1. The van der Waals surface area contributed by atoms with Gasteiger partial charge in [-0.3, -0.25) is 0 Å². The third-order valence-corrected chi connectivity index (χ3v) is 8.57. The first-order valence-corrected chi connectivity index (χ1v) is 14.1. The van der Waals surface area contributed by atoms with E-state index in [0.717, 1.165) is 55.4 Å². The van der Waals surface area contributed by atoms with Crippen LogP contribution in [0.5, 0.6) is 0 Å². The van der Waals surface area contributed by atoms with Crippen molar-refractivity contribution in [2.75, 3.05) is 0 Å². The predicted molar refractivity (Wildman–Crippen MR) is 172 cm³/mol. The number of aromatic nitrogens is 2. The molecule has 3 aromatic heterocycles. The SMILES string of the molecule is Cc1ccc2c(c1)c1ccccc1n2-c1cc(C#N)cc2c1oc1ccc(-n3c4ccccc4c4ccccc43)cc12. The molecule has 3 heterocycles. The van der Waals surface area contributed by atoms with Crippen LogP contribution in [0.25, 0.3) is 76.9 Å². The lowest BCUT2D eigenvalue weighted by Crippen LogP contribution is -1.95. The molecule has 0 saturated heterocycles. The molecule has 0 N–H and O–H groups in total. The molecule has 0 aliphatic rings. The molecule has 0 saturated carbocycles. The zero-order chi connectivity index (χ0) is 27.9. The average molecular weight is 538 g/mol. The van der Waals surface area contributed by atoms with Crippen molar-refractivity contribution in [1.29, 1.82) is 5.26 Å². The van der Waals surface area contributed by atoms with Gasteiger partial charge in [0.15, 0.2) is 5.58 Å². The molecule has 9 aromatic rings. The lowest BCUT2D eigenvalue weighted by molar-refractivity contribution is 0.666. The van der Waals surface area contributed by atoms with Crippen LogP contribution < -0.4 is 0 Å². The summed E-state index contributed by atoms with van der Waals surface area (Å²) < 4.78 is 11.2. The zero-order valence-electron chi connectivity index (χ0n) is 22.8. The van der Waals surface area contributed by atoms with E-state index in [2.05, 4.69) is 131 Å². The largest absolute Gasteiger partial charge is 0.454 e. The second-order valence-electron chi connectivity index (χ2n) is 11.0. The second-order valence-corrected chi connectivity index (χ2v) is 11.0. The topological polar surface area (TPSA) is 46.8 Å². The van der Waals surface area contributed by atoms with Crippen LogP contribution in [0, 0.1) is 18.3 Å². The first-order chi connectivity index (χ1) is 20.7. The molecule has 0 unspecified atom stereocenters. The first kappa shape index (κ1) is 23.0. The van der Waals surface area contributed by atoms with Crippen molar-refractivity contribution in [3.05, 3.63) is 132 Å². The maximum absolute atomic E-state index is 10.1. The molecule has 4 heteroatoms. The lowest BCUT2D eigenvalue weighted by Gasteiger charge is -2.09. The molecular weight excluding hydrogens is 514 g/mol. The van der Waals surface area contributed by atoms with E-state index < -0.39 is 0 Å². The highest BCUT2D eigenvalue weighted by atomic mass is 16.3. The van der Waals surface area contributed by atoms with E-state index in [1.54, 1.807) is 0 Å². The minimum atomic E-state index is 0.598. The smallest absolute Gasteiger partial charge is 0.159 e. The number of nitrogens with zero attached hydrogens (tertiary/aromatic N) is 3. The molecule has 0 radical (unpaired) electrons. The summed E-state index contributed by atoms with van der Waals surface area (Å²) in [5, 5.41) is 16.9. The summed E-state index contributed by atoms with van der Waals surface area (Å²) in [7, 11) is 0. The highest BCUT2D eigenvalue weighted by Crippen LogP contribution is 2.40. The molecular formula is C38H23N3O. The number of furan rings is 1. The third kappa shape index (κ3) is 3.05. The van der Waals surface area contributed by atoms with Crippen LogP contribution >= 0.6 is 0 Å². The third-order valence-electron chi connectivity index (χ3n) is 8.57. The Kier molecular flexibility index (Phi) is 4.57. The van der Waals surface area contributed by atoms with Crippen molar-refractivity contribution >= 4 is 65.6 Å². The van der Waals surface area contributed by atoms with E-state index in [9.17, 15) is 5.26 Å². The quantitative estimate of drug-likeness (QED) is 0.220. The Labute approximate surface area is 240 Å². The van der Waals surface area contributed by atoms with Gasteiger partial charge >= 0.3 is 0 Å². The van der Waals surface area contributed by atoms with E-state index in [1.165, 1.54) is 27.1 Å². The molecule has 0 atom stereocenters. The van der Waals surface area contributed by atoms with Gasteiger partial charge in [0.25, 0.3) is 0 Å². The van der Waals surface area contributed by atoms with Crippen LogP contribution in [0.3, 0.4) is 0 Å². The van der Waals surface area contributed by atoms with Crippen molar-refractivity contribution in [3.8, 4) is 17.4 Å². The molecule has 0 amide bonds. The zero-order valence-corrected chi connectivity index (χ0v) is 22.8. The predicted octanol–water partition coefficient (Wildman–Crippen LogP) is 9.96. The number of hydrogen-bond acceptors (Lipinski definition) is 2. The molecule has 9 rings (SSSR count). The van der Waals surface area contributed by atoms with E-state index in [0.29, 0.717) is 5.56 Å². The van der Waals surface area contributed by atoms with Gasteiger partial charge in [0.1, 0.15) is 5.58 Å². The average Bonchev–Trinajstić information content (AvgIpc) is 3.68. The van der Waals surface area contributed by atoms with Crippen molar-refractivity contribution in [1.82, 2.24) is 9.13 Å². The molecule has 4 nitrogen and oxygen atoms in total. The summed E-state index contributed by atoms with van der Waals surface area (Å²) in [6.45, 7) is 2.12. The summed E-state index contributed by atoms with van der Waals surface area (Å²) in [6.07, 6.45) is 0. The normalized spacial score (nSPS) is 11.9. The van der Waals surface area contributed by atoms with Gasteiger partial charge < -0.3 is 13.6 Å². The van der Waals surface area contributed by atoms with E-state index in [-0.39, 0.29) is 0 Å². The van der Waals surface area contributed by atoms with Crippen molar-refractivity contribution in [2.45, 2.75) is 6.92 Å². The Morgan fingerprint density at radius 2 is 1.17 bits per heavy atom. The van der Waals surface area contributed by atoms with Gasteiger partial charge in [-0.15, -0.1) is 0 Å². The number of aryl methyl sites for hydroxylation is 1. The molecule has 42 heavy (non-hydrogen) atoms. The van der Waals surface area contributed by atoms with Crippen molar-refractivity contribution in [3.63, 3.8) is 0 Å². The van der Waals surface area contributed by atoms with Gasteiger partial charge in [-0.2, -0.15) is 5.26 Å². The minimum absolute atomic E-state index is 0.598. The Morgan fingerprint density at radius 1 is 0.548 bits per heavy atom. The van der Waals surface area contributed by atoms with Crippen molar-refractivity contribution in [2.24, 2.45) is 0 Å². The van der Waals surface area contributed by atoms with E-state index in [1.807, 2.05) is 12.1 Å². The first-order valence-electron chi connectivity index (χ1n) is 14.1. The van der Waals surface area contributed by atoms with Crippen LogP contribution in [0.4, 0.5) is 0 Å². The van der Waals surface area contributed by atoms with Gasteiger partial charge in [0, 0.05) is 38.0 Å². The lowest BCUT2D eigenvalue weighted by atomic mass is 10.1. The van der Waals surface area contributed by atoms with Gasteiger partial charge in [-0.1, -0.05) is 66.2 Å². The summed E-state index contributed by atoms with van der Waals surface area (Å²) in [5.41, 5.74) is 9.78. The van der Waals surface area contributed by atoms with Gasteiger partial charge in [-0.25, -0.2) is 0 Å². The number of rotatable bonds is 2. The summed E-state index contributed by atoms with van der Waals surface area (Å²) in [6, 6.07) is 44.7. The second kappa shape index (κ2) is 8.36. The van der Waals surface area contributed by atoms with Crippen LogP contribution in [-0.2, 0) is 0 Å². The van der Waals surface area contributed by atoms with Gasteiger partial charge in [0.2, 0.25) is 0 Å². The highest BCUT2D eigenvalue weighted by molar-refractivity contribution is 6.14. The number of benzene rings is 6. The van der Waals surface area contributed by atoms with Crippen LogP contribution in [0.1, 0.15) is 11.1 Å². The van der Waals surface area contributed by atoms with Crippen LogP contribution in [0.2, 0.25) is 0 Å². The molecule has 196 valence electrons. The maximum Gasteiger partial charge on any atom is 0.159 e. The Morgan fingerprint density at radius 3 is 1.86 bits per heavy atom. The van der Waals surface area contributed by atoms with Gasteiger partial charge in [0.05, 0.1) is 39.4 Å². The van der Waals surface area contributed by atoms with Gasteiger partial charge in [-0.05, 0) is 67.6 Å². The number of hydrogen-bond donors (Lipinski definition) is 0. The highest BCUT2D eigenvalue weighted by Gasteiger charge is 2.20. The Hall–Kier alpha value is -5.79. The minimum Gasteiger partial charge on any atom is -0.454 e. The van der Waals surface area contributed by atoms with Crippen LogP contribution in [-0.4, -0.2) is 9.13 Å². The summed E-state index contributed by atoms with van der Waals surface area (Å²) in [5.74, 6) is 0. The standard InChI is InChI=1S/C38H23N3O/c1-23-14-16-35-29(18-23)28-10-4-7-13-34(28)41(35)36-20-24(22-39)19-31-30-21-25(15-17-37(30)42-38(31)36)40-32-11-5-2-8-26(32)27-9-3-6-12-33(27)40/h2-21H,1H3. The fourth-order valence-electron chi connectivity index (χ4n) is 6.76. The van der Waals surface area contributed by atoms with E-state index in [4.69, 9.17) is 4.42 Å². The number of para-hydroxylation sites is 3. The fourth-order valence-corrected chi connectivity index (χ4v) is 6.76. The number of nitriles is 1. The fraction of sp³-hybridized carbons (Fsp3) is 0.0263. The monoisotopic (exact) mass is 537 g/mol. The molecule has 0 aliphatic heterocycles. The molecule has 0 bridgehead atoms. The molecule has 0 aliphatic carbocycles. The van der Waals surface area contributed by atoms with E-state index >= 15 is 0 Å². The summed E-state index contributed by atoms with van der Waals surface area (Å²) >= 11 is 0. The van der Waals surface area contributed by atoms with Crippen molar-refractivity contribution < 1.29 is 4.42 Å². The van der Waals surface area contributed by atoms with Crippen LogP contribution in [0.15, 0.2) is 126 Å².